The quantitative estimate of drug-likeness (QED) is 0.334. The molecular weight excluding hydrogens is 513 g/mol. The van der Waals surface area contributed by atoms with Crippen LogP contribution >= 0.6 is 12.2 Å². The van der Waals surface area contributed by atoms with Gasteiger partial charge in [-0.3, -0.25) is 9.71 Å². The molecule has 1 fully saturated rings. The smallest absolute Gasteiger partial charge is 0.229 e. The van der Waals surface area contributed by atoms with Gasteiger partial charge in [0.2, 0.25) is 10.0 Å². The number of para-hydroxylation sites is 1. The van der Waals surface area contributed by atoms with Gasteiger partial charge in [0.1, 0.15) is 17.6 Å². The minimum atomic E-state index is -3.51. The maximum absolute atomic E-state index is 14.9. The Hall–Kier alpha value is -3.96. The number of thiocarbonyl (C=S) groups is 1. The number of nitrogens with zero attached hydrogens (tertiary/aromatic N) is 3. The number of hydrogen-bond donors (Lipinski definition) is 2. The minimum absolute atomic E-state index is 0.305. The first kappa shape index (κ1) is 24.7. The van der Waals surface area contributed by atoms with E-state index < -0.39 is 16.1 Å². The van der Waals surface area contributed by atoms with Crippen LogP contribution in [0.3, 0.4) is 0 Å². The van der Waals surface area contributed by atoms with Gasteiger partial charge in [0.25, 0.3) is 0 Å². The van der Waals surface area contributed by atoms with E-state index in [4.69, 9.17) is 17.0 Å². The number of ether oxygens (including phenoxy) is 1. The Bertz CT molecular complexity index is 1560. The summed E-state index contributed by atoms with van der Waals surface area (Å²) in [6, 6.07) is 20.3. The molecule has 2 N–H and O–H groups in total. The van der Waals surface area contributed by atoms with Crippen LogP contribution in [-0.2, 0) is 10.0 Å². The second kappa shape index (κ2) is 9.83. The van der Waals surface area contributed by atoms with Crippen molar-refractivity contribution in [2.45, 2.75) is 12.1 Å². The number of nitrogens with one attached hydrogen (secondary N) is 2. The Balaban J connectivity index is 1.66. The average molecular weight is 538 g/mol. The predicted octanol–water partition coefficient (Wildman–Crippen LogP) is 4.57. The normalized spacial score (nSPS) is 17.5. The Morgan fingerprint density at radius 1 is 1.08 bits per heavy atom. The highest BCUT2D eigenvalue weighted by molar-refractivity contribution is 7.92. The largest absolute Gasteiger partial charge is 0.494 e. The fourth-order valence-corrected chi connectivity index (χ4v) is 5.46. The summed E-state index contributed by atoms with van der Waals surface area (Å²) < 4.78 is 48.2. The van der Waals surface area contributed by atoms with Crippen LogP contribution in [0, 0.1) is 5.82 Å². The molecule has 1 saturated heterocycles. The molecule has 2 atom stereocenters. The van der Waals surface area contributed by atoms with Crippen LogP contribution < -0.4 is 19.7 Å². The zero-order valence-electron chi connectivity index (χ0n) is 20.0. The standard InChI is InChI=1S/C26H24FN5O3S2/c1-35-23-16-17(12-13-19(23)30-37(2,33)34)32-25(24(29-26(32)36)20-9-5-6-14-28-20)22-11-7-15-31(22)21-10-4-3-8-18(21)27/h3-16,24-25,30H,1-2H3,(H,29,36)/t24-,25+/m0/s1. The molecule has 0 amide bonds. The van der Waals surface area contributed by atoms with Crippen LogP contribution in [0.15, 0.2) is 85.2 Å². The van der Waals surface area contributed by atoms with Crippen LogP contribution in [0.25, 0.3) is 5.69 Å². The molecule has 0 bridgehead atoms. The second-order valence-corrected chi connectivity index (χ2v) is 10.6. The Morgan fingerprint density at radius 2 is 1.86 bits per heavy atom. The number of sulfonamides is 1. The molecule has 0 unspecified atom stereocenters. The van der Waals surface area contributed by atoms with Gasteiger partial charge in [-0.15, -0.1) is 0 Å². The molecule has 2 aromatic heterocycles. The Morgan fingerprint density at radius 3 is 2.57 bits per heavy atom. The van der Waals surface area contributed by atoms with Gasteiger partial charge in [0.05, 0.1) is 36.5 Å². The predicted molar refractivity (Wildman–Crippen MR) is 145 cm³/mol. The summed E-state index contributed by atoms with van der Waals surface area (Å²) in [6.45, 7) is 0. The van der Waals surface area contributed by atoms with E-state index in [0.29, 0.717) is 27.9 Å². The van der Waals surface area contributed by atoms with Crippen molar-refractivity contribution in [3.8, 4) is 11.4 Å². The number of hydrogen-bond acceptors (Lipinski definition) is 5. The molecule has 1 aliphatic rings. The molecule has 2 aromatic carbocycles. The van der Waals surface area contributed by atoms with Gasteiger partial charge in [-0.1, -0.05) is 18.2 Å². The lowest BCUT2D eigenvalue weighted by Gasteiger charge is -2.29. The van der Waals surface area contributed by atoms with Gasteiger partial charge in [0, 0.05) is 29.8 Å². The van der Waals surface area contributed by atoms with Crippen LogP contribution in [-0.4, -0.2) is 36.4 Å². The molecule has 4 aromatic rings. The van der Waals surface area contributed by atoms with Crippen molar-refractivity contribution in [2.24, 2.45) is 0 Å². The summed E-state index contributed by atoms with van der Waals surface area (Å²) in [5, 5.41) is 3.81. The first-order valence-corrected chi connectivity index (χ1v) is 13.7. The van der Waals surface area contributed by atoms with Crippen LogP contribution in [0.1, 0.15) is 23.5 Å². The van der Waals surface area contributed by atoms with Crippen molar-refractivity contribution >= 4 is 38.7 Å². The number of methoxy groups -OCH3 is 1. The number of rotatable bonds is 7. The Labute approximate surface area is 219 Å². The number of pyridine rings is 1. The number of halogens is 1. The lowest BCUT2D eigenvalue weighted by atomic mass is 10.0. The number of anilines is 2. The van der Waals surface area contributed by atoms with E-state index in [1.165, 1.54) is 13.2 Å². The zero-order valence-corrected chi connectivity index (χ0v) is 21.6. The highest BCUT2D eigenvalue weighted by atomic mass is 32.2. The van der Waals surface area contributed by atoms with E-state index in [2.05, 4.69) is 15.0 Å². The van der Waals surface area contributed by atoms with Crippen molar-refractivity contribution in [2.75, 3.05) is 23.0 Å². The molecule has 0 saturated carbocycles. The molecule has 0 spiro atoms. The maximum atomic E-state index is 14.9. The van der Waals surface area contributed by atoms with Gasteiger partial charge in [0.15, 0.2) is 5.11 Å². The zero-order chi connectivity index (χ0) is 26.2. The Kier molecular flexibility index (Phi) is 6.57. The third-order valence-electron chi connectivity index (χ3n) is 6.05. The van der Waals surface area contributed by atoms with E-state index >= 15 is 0 Å². The third-order valence-corrected chi connectivity index (χ3v) is 6.96. The van der Waals surface area contributed by atoms with E-state index in [1.54, 1.807) is 47.2 Å². The van der Waals surface area contributed by atoms with Gasteiger partial charge >= 0.3 is 0 Å². The summed E-state index contributed by atoms with van der Waals surface area (Å²) in [4.78, 5) is 6.47. The first-order chi connectivity index (χ1) is 17.8. The molecule has 1 aliphatic heterocycles. The van der Waals surface area contributed by atoms with E-state index in [1.807, 2.05) is 41.4 Å². The first-order valence-electron chi connectivity index (χ1n) is 11.4. The molecule has 5 rings (SSSR count). The van der Waals surface area contributed by atoms with Crippen LogP contribution in [0.4, 0.5) is 15.8 Å². The van der Waals surface area contributed by atoms with Crippen molar-refractivity contribution in [3.05, 3.63) is 102 Å². The van der Waals surface area contributed by atoms with Crippen molar-refractivity contribution < 1.29 is 17.5 Å². The lowest BCUT2D eigenvalue weighted by molar-refractivity contribution is 0.417. The molecule has 3 heterocycles. The molecule has 190 valence electrons. The summed E-state index contributed by atoms with van der Waals surface area (Å²) in [7, 11) is -2.05. The lowest BCUT2D eigenvalue weighted by Crippen LogP contribution is -2.30. The third kappa shape index (κ3) is 4.87. The molecule has 0 aliphatic carbocycles. The van der Waals surface area contributed by atoms with Gasteiger partial charge < -0.3 is 19.5 Å². The van der Waals surface area contributed by atoms with Crippen molar-refractivity contribution in [1.29, 1.82) is 0 Å². The van der Waals surface area contributed by atoms with E-state index in [-0.39, 0.29) is 11.9 Å². The topological polar surface area (TPSA) is 88.5 Å². The van der Waals surface area contributed by atoms with Gasteiger partial charge in [-0.05, 0) is 60.7 Å². The monoisotopic (exact) mass is 537 g/mol. The van der Waals surface area contributed by atoms with E-state index in [0.717, 1.165) is 17.6 Å². The molecular formula is C26H24FN5O3S2. The van der Waals surface area contributed by atoms with E-state index in [9.17, 15) is 12.8 Å². The van der Waals surface area contributed by atoms with Crippen LogP contribution in [0.5, 0.6) is 5.75 Å². The summed E-state index contributed by atoms with van der Waals surface area (Å²) >= 11 is 5.79. The van der Waals surface area contributed by atoms with Crippen molar-refractivity contribution in [1.82, 2.24) is 14.9 Å². The number of aromatic nitrogens is 2. The van der Waals surface area contributed by atoms with Gasteiger partial charge in [-0.2, -0.15) is 0 Å². The highest BCUT2D eigenvalue weighted by Crippen LogP contribution is 2.44. The average Bonchev–Trinajstić information content (AvgIpc) is 3.48. The SMILES string of the molecule is COc1cc(N2C(=S)N[C@@H](c3ccccn3)[C@H]2c2cccn2-c2ccccc2F)ccc1NS(C)(=O)=O. The van der Waals surface area contributed by atoms with Gasteiger partial charge in [-0.25, -0.2) is 12.8 Å². The molecule has 37 heavy (non-hydrogen) atoms. The fourth-order valence-electron chi connectivity index (χ4n) is 4.55. The second-order valence-electron chi connectivity index (χ2n) is 8.51. The van der Waals surface area contributed by atoms with Crippen molar-refractivity contribution in [3.63, 3.8) is 0 Å². The highest BCUT2D eigenvalue weighted by Gasteiger charge is 2.42. The van der Waals surface area contributed by atoms with Crippen LogP contribution in [0.2, 0.25) is 0 Å². The molecule has 8 nitrogen and oxygen atoms in total. The summed E-state index contributed by atoms with van der Waals surface area (Å²) in [5.74, 6) is -0.0254. The minimum Gasteiger partial charge on any atom is -0.494 e. The maximum Gasteiger partial charge on any atom is 0.229 e. The number of benzene rings is 2. The molecule has 0 radical (unpaired) electrons. The fraction of sp³-hybridized carbons (Fsp3) is 0.154. The summed E-state index contributed by atoms with van der Waals surface area (Å²) in [5.41, 5.74) is 2.93. The summed E-state index contributed by atoms with van der Waals surface area (Å²) in [6.07, 6.45) is 4.59. The molecule has 11 heteroatoms.